The van der Waals surface area contributed by atoms with Gasteiger partial charge in [0.25, 0.3) is 5.91 Å². The van der Waals surface area contributed by atoms with Crippen LogP contribution in [0.3, 0.4) is 0 Å². The Hall–Kier alpha value is -3.40. The topological polar surface area (TPSA) is 86.9 Å². The fourth-order valence-corrected chi connectivity index (χ4v) is 3.88. The molecule has 7 nitrogen and oxygen atoms in total. The molecule has 1 aliphatic heterocycles. The molecule has 10 heteroatoms. The number of pyridine rings is 1. The maximum atomic E-state index is 12.7. The first-order valence-corrected chi connectivity index (χ1v) is 10.4. The minimum atomic E-state index is -4.98. The number of piperazine rings is 1. The number of fused-ring (bicyclic) bond motifs is 1. The Morgan fingerprint density at radius 3 is 2.42 bits per heavy atom. The lowest BCUT2D eigenvalue weighted by Crippen LogP contribution is -2.54. The second kappa shape index (κ2) is 8.86. The average Bonchev–Trinajstić information content (AvgIpc) is 3.15. The van der Waals surface area contributed by atoms with Crippen LogP contribution in [-0.2, 0) is 11.2 Å². The predicted octanol–water partition coefficient (Wildman–Crippen LogP) is 3.13. The van der Waals surface area contributed by atoms with Crippen molar-refractivity contribution >= 4 is 28.5 Å². The third-order valence-corrected chi connectivity index (χ3v) is 5.73. The Kier molecular flexibility index (Phi) is 6.11. The van der Waals surface area contributed by atoms with E-state index in [1.165, 1.54) is 0 Å². The van der Waals surface area contributed by atoms with Gasteiger partial charge in [-0.25, -0.2) is 4.98 Å². The highest BCUT2D eigenvalue weighted by molar-refractivity contribution is 6.01. The number of aromatic nitrogens is 1. The van der Waals surface area contributed by atoms with Gasteiger partial charge in [0.15, 0.2) is 5.76 Å². The molecule has 1 amide bonds. The van der Waals surface area contributed by atoms with E-state index < -0.39 is 18.2 Å². The van der Waals surface area contributed by atoms with E-state index in [4.69, 9.17) is 9.52 Å². The Morgan fingerprint density at radius 2 is 1.82 bits per heavy atom. The van der Waals surface area contributed by atoms with Gasteiger partial charge in [0.2, 0.25) is 11.9 Å². The number of aliphatic hydroxyl groups is 1. The summed E-state index contributed by atoms with van der Waals surface area (Å²) >= 11 is 0. The molecule has 1 unspecified atom stereocenters. The first-order chi connectivity index (χ1) is 15.6. The van der Waals surface area contributed by atoms with Crippen molar-refractivity contribution in [2.24, 2.45) is 0 Å². The van der Waals surface area contributed by atoms with Crippen molar-refractivity contribution in [1.82, 2.24) is 9.88 Å². The van der Waals surface area contributed by atoms with E-state index in [1.54, 1.807) is 18.3 Å². The average molecular weight is 461 g/mol. The zero-order valence-electron chi connectivity index (χ0n) is 17.8. The second-order valence-corrected chi connectivity index (χ2v) is 7.93. The number of aliphatic hydroxyl groups excluding tert-OH is 1. The SMILES string of the molecule is Cc1c(C(=O)Cc2ccc(N3CCN(C(=O)C(O)C(F)(F)F)CC3)nc2)oc2ccccc12. The summed E-state index contributed by atoms with van der Waals surface area (Å²) < 4.78 is 43.4. The molecule has 2 aromatic heterocycles. The summed E-state index contributed by atoms with van der Waals surface area (Å²) in [6.45, 7) is 2.48. The lowest BCUT2D eigenvalue weighted by Gasteiger charge is -2.36. The molecule has 0 radical (unpaired) electrons. The van der Waals surface area contributed by atoms with E-state index in [0.29, 0.717) is 22.7 Å². The highest BCUT2D eigenvalue weighted by Gasteiger charge is 2.45. The van der Waals surface area contributed by atoms with E-state index in [2.05, 4.69) is 4.98 Å². The normalized spacial score (nSPS) is 15.7. The maximum Gasteiger partial charge on any atom is 0.423 e. The van der Waals surface area contributed by atoms with Gasteiger partial charge in [-0.2, -0.15) is 13.2 Å². The summed E-state index contributed by atoms with van der Waals surface area (Å²) in [6, 6.07) is 10.9. The smallest absolute Gasteiger partial charge is 0.423 e. The molecule has 174 valence electrons. The summed E-state index contributed by atoms with van der Waals surface area (Å²) in [5.74, 6) is -0.588. The van der Waals surface area contributed by atoms with Gasteiger partial charge in [-0.1, -0.05) is 24.3 Å². The van der Waals surface area contributed by atoms with E-state index >= 15 is 0 Å². The van der Waals surface area contributed by atoms with Gasteiger partial charge in [-0.15, -0.1) is 0 Å². The van der Waals surface area contributed by atoms with Crippen LogP contribution in [0.5, 0.6) is 0 Å². The number of nitrogens with zero attached hydrogens (tertiary/aromatic N) is 3. The number of ketones is 1. The van der Waals surface area contributed by atoms with Crippen molar-refractivity contribution in [3.05, 3.63) is 59.5 Å². The van der Waals surface area contributed by atoms with Crippen molar-refractivity contribution in [3.63, 3.8) is 0 Å². The zero-order valence-corrected chi connectivity index (χ0v) is 17.8. The summed E-state index contributed by atoms with van der Waals surface area (Å²) in [6.07, 6.45) is -6.29. The van der Waals surface area contributed by atoms with E-state index in [0.717, 1.165) is 15.8 Å². The van der Waals surface area contributed by atoms with Crippen LogP contribution >= 0.6 is 0 Å². The minimum absolute atomic E-state index is 0.0409. The fourth-order valence-electron chi connectivity index (χ4n) is 3.88. The van der Waals surface area contributed by atoms with Crippen LogP contribution in [0.1, 0.15) is 21.7 Å². The van der Waals surface area contributed by atoms with Crippen molar-refractivity contribution < 1.29 is 32.3 Å². The number of hydrogen-bond donors (Lipinski definition) is 1. The standard InChI is InChI=1S/C23H22F3N3O4/c1-14-16-4-2-3-5-18(16)33-20(14)17(30)12-15-6-7-19(27-13-15)28-8-10-29(11-9-28)22(32)21(31)23(24,25)26/h2-7,13,21,31H,8-12H2,1H3. The molecule has 1 fully saturated rings. The lowest BCUT2D eigenvalue weighted by molar-refractivity contribution is -0.210. The van der Waals surface area contributed by atoms with Gasteiger partial charge >= 0.3 is 6.18 Å². The number of carbonyl (C=O) groups excluding carboxylic acids is 2. The number of Topliss-reactive ketones (excluding diaryl/α,β-unsaturated/α-hetero) is 1. The van der Waals surface area contributed by atoms with Crippen LogP contribution in [0.2, 0.25) is 0 Å². The molecule has 3 heterocycles. The summed E-state index contributed by atoms with van der Waals surface area (Å²) in [4.78, 5) is 31.8. The molecule has 1 N–H and O–H groups in total. The first-order valence-electron chi connectivity index (χ1n) is 10.4. The van der Waals surface area contributed by atoms with Gasteiger partial charge in [0.1, 0.15) is 11.4 Å². The van der Waals surface area contributed by atoms with Crippen LogP contribution in [0.4, 0.5) is 19.0 Å². The van der Waals surface area contributed by atoms with Crippen LogP contribution in [0.25, 0.3) is 11.0 Å². The first kappa shape index (κ1) is 22.8. The highest BCUT2D eigenvalue weighted by Crippen LogP contribution is 2.26. The van der Waals surface area contributed by atoms with Gasteiger partial charge in [-0.05, 0) is 24.6 Å². The van der Waals surface area contributed by atoms with Crippen molar-refractivity contribution in [2.45, 2.75) is 25.6 Å². The van der Waals surface area contributed by atoms with Gasteiger partial charge in [-0.3, -0.25) is 9.59 Å². The lowest BCUT2D eigenvalue weighted by atomic mass is 10.1. The zero-order chi connectivity index (χ0) is 23.8. The van der Waals surface area contributed by atoms with Crippen molar-refractivity contribution in [2.75, 3.05) is 31.1 Å². The fraction of sp³-hybridized carbons (Fsp3) is 0.348. The molecule has 0 spiro atoms. The van der Waals surface area contributed by atoms with Crippen LogP contribution in [0, 0.1) is 6.92 Å². The molecule has 33 heavy (non-hydrogen) atoms. The Balaban J connectivity index is 1.36. The van der Waals surface area contributed by atoms with Crippen molar-refractivity contribution in [1.29, 1.82) is 0 Å². The molecule has 0 bridgehead atoms. The Labute approximate surface area is 187 Å². The molecular weight excluding hydrogens is 439 g/mol. The number of anilines is 1. The summed E-state index contributed by atoms with van der Waals surface area (Å²) in [5, 5.41) is 10.1. The molecular formula is C23H22F3N3O4. The number of carbonyl (C=O) groups is 2. The molecule has 3 aromatic rings. The molecule has 1 aromatic carbocycles. The maximum absolute atomic E-state index is 12.7. The second-order valence-electron chi connectivity index (χ2n) is 7.93. The predicted molar refractivity (Wildman–Crippen MR) is 114 cm³/mol. The number of rotatable bonds is 5. The third-order valence-electron chi connectivity index (χ3n) is 5.73. The molecule has 1 atom stereocenters. The summed E-state index contributed by atoms with van der Waals surface area (Å²) in [5.41, 5.74) is 2.15. The van der Waals surface area contributed by atoms with E-state index in [1.807, 2.05) is 36.1 Å². The van der Waals surface area contributed by atoms with Gasteiger partial charge < -0.3 is 19.3 Å². The Morgan fingerprint density at radius 1 is 1.12 bits per heavy atom. The molecule has 1 aliphatic rings. The number of para-hydroxylation sites is 1. The number of halogens is 3. The van der Waals surface area contributed by atoms with Gasteiger partial charge in [0.05, 0.1) is 0 Å². The number of benzene rings is 1. The van der Waals surface area contributed by atoms with Crippen molar-refractivity contribution in [3.8, 4) is 0 Å². The number of amides is 1. The van der Waals surface area contributed by atoms with Gasteiger partial charge in [0, 0.05) is 49.7 Å². The third kappa shape index (κ3) is 4.70. The van der Waals surface area contributed by atoms with E-state index in [-0.39, 0.29) is 38.4 Å². The minimum Gasteiger partial charge on any atom is -0.453 e. The highest BCUT2D eigenvalue weighted by atomic mass is 19.4. The van der Waals surface area contributed by atoms with Crippen LogP contribution in [0.15, 0.2) is 47.0 Å². The molecule has 0 aliphatic carbocycles. The summed E-state index contributed by atoms with van der Waals surface area (Å²) in [7, 11) is 0. The molecule has 0 saturated carbocycles. The van der Waals surface area contributed by atoms with Crippen LogP contribution < -0.4 is 4.90 Å². The molecule has 1 saturated heterocycles. The van der Waals surface area contributed by atoms with Crippen LogP contribution in [-0.4, -0.2) is 65.1 Å². The quantitative estimate of drug-likeness (QED) is 0.588. The number of alkyl halides is 3. The number of hydrogen-bond acceptors (Lipinski definition) is 6. The van der Waals surface area contributed by atoms with E-state index in [9.17, 15) is 22.8 Å². The monoisotopic (exact) mass is 461 g/mol. The largest absolute Gasteiger partial charge is 0.453 e. The number of furan rings is 1. The number of aryl methyl sites for hydroxylation is 1. The molecule has 4 rings (SSSR count). The Bertz CT molecular complexity index is 1170.